The van der Waals surface area contributed by atoms with Crippen LogP contribution in [0, 0.1) is 0 Å². The second-order valence-electron chi connectivity index (χ2n) is 22.7. The van der Waals surface area contributed by atoms with Crippen molar-refractivity contribution in [2.24, 2.45) is 0 Å². The lowest BCUT2D eigenvalue weighted by Crippen LogP contribution is -2.02. The Bertz CT molecular complexity index is 3920. The van der Waals surface area contributed by atoms with Crippen LogP contribution in [-0.4, -0.2) is 11.6 Å². The second-order valence-corrected chi connectivity index (χ2v) is 22.7. The van der Waals surface area contributed by atoms with E-state index in [1.54, 1.807) is 0 Å². The molecule has 0 saturated carbocycles. The average Bonchev–Trinajstić information content (AvgIpc) is 1.93. The fourth-order valence-corrected chi connectivity index (χ4v) is 12.8. The van der Waals surface area contributed by atoms with Crippen molar-refractivity contribution in [3.63, 3.8) is 0 Å². The largest absolute Gasteiger partial charge is 0.289 e. The first-order valence-electron chi connectivity index (χ1n) is 30.3. The Morgan fingerprint density at radius 3 is 0.547 bits per heavy atom. The van der Waals surface area contributed by atoms with Gasteiger partial charge in [0, 0.05) is 44.6 Å². The summed E-state index contributed by atoms with van der Waals surface area (Å²) in [5.74, 6) is 0.000740. The van der Waals surface area contributed by atoms with Gasteiger partial charge in [0.25, 0.3) is 0 Å². The molecule has 13 rings (SSSR count). The fraction of sp³-hybridized carbons (Fsp3) is 0.0952. The molecule has 0 atom stereocenters. The highest BCUT2D eigenvalue weighted by atomic mass is 16.1. The van der Waals surface area contributed by atoms with Crippen molar-refractivity contribution in [3.8, 4) is 0 Å². The molecular formula is C84H66O2. The summed E-state index contributed by atoms with van der Waals surface area (Å²) < 4.78 is 0. The minimum Gasteiger partial charge on any atom is -0.289 e. The van der Waals surface area contributed by atoms with Gasteiger partial charge in [-0.15, -0.1) is 0 Å². The van der Waals surface area contributed by atoms with Crippen molar-refractivity contribution in [2.75, 3.05) is 0 Å². The van der Waals surface area contributed by atoms with Crippen molar-refractivity contribution < 1.29 is 9.59 Å². The average molecular weight is 1110 g/mol. The summed E-state index contributed by atoms with van der Waals surface area (Å²) in [5.41, 5.74) is 23.9. The molecule has 2 heteroatoms. The van der Waals surface area contributed by atoms with Gasteiger partial charge in [-0.1, -0.05) is 303 Å². The molecule has 0 amide bonds. The SMILES string of the molecule is O=C1C(c2ccccc2)=C(c2ccc(C3=C(c4ccccc4)C(=O)C(c4ccccc4)=C3c3cc(CCc4ccccc4)cc(CCc4ccccc4)c3)cc2)C(c2cc(CCc3ccccc3)cc(CCc3ccccc3)c2)=C1c1ccccc1. The van der Waals surface area contributed by atoms with Gasteiger partial charge < -0.3 is 0 Å². The maximum Gasteiger partial charge on any atom is 0.195 e. The fourth-order valence-electron chi connectivity index (χ4n) is 12.8. The van der Waals surface area contributed by atoms with Crippen LogP contribution in [0.15, 0.2) is 303 Å². The standard InChI is InChI=1S/C84H66O2/c85-83-79(67-33-17-5-18-34-67)75(77(81(83)69-37-21-7-22-38-69)73-55-63(45-41-59-25-9-1-10-26-59)53-64(56-73)46-42-60-27-11-2-12-28-60)71-49-51-72(52-50-71)76-78(82(70-39-23-8-24-40-70)84(86)80(76)68-35-19-6-20-36-68)74-57-65(47-43-61-29-13-3-14-30-61)54-66(58-74)48-44-62-31-15-4-16-32-62/h1-40,49-58H,41-48H2. The highest BCUT2D eigenvalue weighted by molar-refractivity contribution is 6.60. The van der Waals surface area contributed by atoms with Gasteiger partial charge in [0.2, 0.25) is 0 Å². The van der Waals surface area contributed by atoms with Gasteiger partial charge in [-0.05, 0) is 140 Å². The summed E-state index contributed by atoms with van der Waals surface area (Å²) in [4.78, 5) is 31.8. The predicted octanol–water partition coefficient (Wildman–Crippen LogP) is 19.0. The molecule has 0 radical (unpaired) electrons. The Labute approximate surface area is 506 Å². The number of ketones is 2. The highest BCUT2D eigenvalue weighted by Gasteiger charge is 2.38. The van der Waals surface area contributed by atoms with E-state index in [0.717, 1.165) is 118 Å². The zero-order valence-corrected chi connectivity index (χ0v) is 48.3. The summed E-state index contributed by atoms with van der Waals surface area (Å²) in [6.45, 7) is 0. The van der Waals surface area contributed by atoms with E-state index in [2.05, 4.69) is 231 Å². The molecule has 0 unspecified atom stereocenters. The third-order valence-corrected chi connectivity index (χ3v) is 17.0. The molecule has 2 aliphatic carbocycles. The number of hydrogen-bond donors (Lipinski definition) is 0. The lowest BCUT2D eigenvalue weighted by Gasteiger charge is -2.19. The molecule has 0 bridgehead atoms. The molecule has 0 spiro atoms. The molecule has 0 heterocycles. The van der Waals surface area contributed by atoms with E-state index < -0.39 is 0 Å². The van der Waals surface area contributed by atoms with Crippen LogP contribution in [0.2, 0.25) is 0 Å². The lowest BCUT2D eigenvalue weighted by atomic mass is 9.84. The third kappa shape index (κ3) is 12.1. The van der Waals surface area contributed by atoms with Crippen LogP contribution in [0.3, 0.4) is 0 Å². The highest BCUT2D eigenvalue weighted by Crippen LogP contribution is 2.53. The van der Waals surface area contributed by atoms with E-state index >= 15 is 9.59 Å². The number of rotatable bonds is 20. The van der Waals surface area contributed by atoms with Crippen LogP contribution in [0.25, 0.3) is 44.6 Å². The van der Waals surface area contributed by atoms with Crippen molar-refractivity contribution in [2.45, 2.75) is 51.4 Å². The molecule has 11 aromatic carbocycles. The molecule has 0 N–H and O–H groups in total. The minimum atomic E-state index is 0.000370. The van der Waals surface area contributed by atoms with Crippen molar-refractivity contribution in [1.82, 2.24) is 0 Å². The van der Waals surface area contributed by atoms with E-state index in [1.807, 2.05) is 72.8 Å². The molecule has 0 fully saturated rings. The number of Topliss-reactive ketones (excluding diaryl/α,β-unsaturated/α-hetero) is 2. The van der Waals surface area contributed by atoms with Gasteiger partial charge >= 0.3 is 0 Å². The number of benzene rings is 11. The third-order valence-electron chi connectivity index (χ3n) is 17.0. The molecule has 0 saturated heterocycles. The van der Waals surface area contributed by atoms with Gasteiger partial charge in [-0.2, -0.15) is 0 Å². The number of carbonyl (C=O) groups is 2. The number of hydrogen-bond acceptors (Lipinski definition) is 2. The number of carbonyl (C=O) groups excluding carboxylic acids is 2. The smallest absolute Gasteiger partial charge is 0.195 e. The maximum atomic E-state index is 15.9. The van der Waals surface area contributed by atoms with Crippen LogP contribution in [0.1, 0.15) is 89.0 Å². The Morgan fingerprint density at radius 2 is 0.326 bits per heavy atom. The van der Waals surface area contributed by atoms with Crippen molar-refractivity contribution in [1.29, 1.82) is 0 Å². The van der Waals surface area contributed by atoms with E-state index in [-0.39, 0.29) is 11.6 Å². The first-order valence-corrected chi connectivity index (χ1v) is 30.3. The maximum absolute atomic E-state index is 15.9. The Kier molecular flexibility index (Phi) is 16.4. The summed E-state index contributed by atoms with van der Waals surface area (Å²) in [5, 5.41) is 0. The Morgan fingerprint density at radius 1 is 0.151 bits per heavy atom. The number of allylic oxidation sites excluding steroid dienone is 8. The Hall–Kier alpha value is -10.3. The van der Waals surface area contributed by atoms with Crippen LogP contribution >= 0.6 is 0 Å². The van der Waals surface area contributed by atoms with Crippen LogP contribution in [-0.2, 0) is 61.0 Å². The van der Waals surface area contributed by atoms with Gasteiger partial charge in [0.15, 0.2) is 11.6 Å². The lowest BCUT2D eigenvalue weighted by molar-refractivity contribution is -0.109. The zero-order chi connectivity index (χ0) is 58.0. The van der Waals surface area contributed by atoms with E-state index in [9.17, 15) is 0 Å². The Balaban J connectivity index is 0.998. The zero-order valence-electron chi connectivity index (χ0n) is 48.3. The quantitative estimate of drug-likeness (QED) is 0.0762. The molecule has 0 aliphatic heterocycles. The van der Waals surface area contributed by atoms with Crippen LogP contribution in [0.5, 0.6) is 0 Å². The van der Waals surface area contributed by atoms with Crippen LogP contribution in [0.4, 0.5) is 0 Å². The molecule has 11 aromatic rings. The monoisotopic (exact) mass is 1110 g/mol. The second kappa shape index (κ2) is 25.7. The van der Waals surface area contributed by atoms with Gasteiger partial charge in [0.05, 0.1) is 0 Å². The summed E-state index contributed by atoms with van der Waals surface area (Å²) in [6, 6.07) is 107. The van der Waals surface area contributed by atoms with Gasteiger partial charge in [-0.25, -0.2) is 0 Å². The van der Waals surface area contributed by atoms with Gasteiger partial charge in [-0.3, -0.25) is 9.59 Å². The molecule has 2 aliphatic rings. The first-order chi connectivity index (χ1) is 42.5. The predicted molar refractivity (Wildman–Crippen MR) is 358 cm³/mol. The molecular weight excluding hydrogens is 1040 g/mol. The van der Waals surface area contributed by atoms with Crippen molar-refractivity contribution in [3.05, 3.63) is 392 Å². The van der Waals surface area contributed by atoms with Crippen LogP contribution < -0.4 is 0 Å². The minimum absolute atomic E-state index is 0.000370. The topological polar surface area (TPSA) is 34.1 Å². The first kappa shape index (κ1) is 54.9. The summed E-state index contributed by atoms with van der Waals surface area (Å²) >= 11 is 0. The van der Waals surface area contributed by atoms with E-state index in [1.165, 1.54) is 44.5 Å². The van der Waals surface area contributed by atoms with E-state index in [4.69, 9.17) is 0 Å². The van der Waals surface area contributed by atoms with Gasteiger partial charge in [0.1, 0.15) is 0 Å². The molecule has 0 aromatic heterocycles. The summed E-state index contributed by atoms with van der Waals surface area (Å²) in [6.07, 6.45) is 6.96. The summed E-state index contributed by atoms with van der Waals surface area (Å²) in [7, 11) is 0. The molecule has 414 valence electrons. The molecule has 2 nitrogen and oxygen atoms in total. The molecule has 86 heavy (non-hydrogen) atoms. The number of aryl methyl sites for hydroxylation is 8. The van der Waals surface area contributed by atoms with Crippen molar-refractivity contribution >= 4 is 56.2 Å². The van der Waals surface area contributed by atoms with E-state index in [0.29, 0.717) is 22.3 Å². The normalized spacial score (nSPS) is 13.3.